The highest BCUT2D eigenvalue weighted by Crippen LogP contribution is 2.46. The van der Waals surface area contributed by atoms with E-state index in [9.17, 15) is 41.3 Å². The number of fused-ring (bicyclic) bond motifs is 1. The van der Waals surface area contributed by atoms with Crippen LogP contribution >= 0.6 is 0 Å². The minimum atomic E-state index is -5.18. The molecule has 0 aliphatic carbocycles. The number of nitrogens with zero attached hydrogens (tertiary/aromatic N) is 5. The zero-order chi connectivity index (χ0) is 33.1. The topological polar surface area (TPSA) is 278 Å². The molecule has 4 rings (SSSR count). The fourth-order valence-corrected chi connectivity index (χ4v) is 5.33. The monoisotopic (exact) mass is 656 g/mol. The van der Waals surface area contributed by atoms with Crippen LogP contribution < -0.4 is 10.5 Å². The predicted octanol–water partition coefficient (Wildman–Crippen LogP) is 4.36. The van der Waals surface area contributed by atoms with Gasteiger partial charge in [0.25, 0.3) is 20.2 Å². The molecule has 16 nitrogen and oxygen atoms in total. The average Bonchev–Trinajstić information content (AvgIpc) is 2.98. The summed E-state index contributed by atoms with van der Waals surface area (Å²) in [5.41, 5.74) is 6.35. The van der Waals surface area contributed by atoms with Crippen molar-refractivity contribution in [2.24, 2.45) is 20.5 Å². The summed E-state index contributed by atoms with van der Waals surface area (Å²) >= 11 is 0. The lowest BCUT2D eigenvalue weighted by atomic mass is 10.1. The van der Waals surface area contributed by atoms with Crippen LogP contribution in [0.2, 0.25) is 0 Å². The number of phenols is 1. The van der Waals surface area contributed by atoms with E-state index < -0.39 is 71.6 Å². The Kier molecular flexibility index (Phi) is 9.43. The Hall–Kier alpha value is -5.03. The highest BCUT2D eigenvalue weighted by Gasteiger charge is 2.27. The number of anilines is 1. The molecule has 1 atom stereocenters. The van der Waals surface area contributed by atoms with Crippen LogP contribution in [0.15, 0.2) is 84.8 Å². The molecule has 0 heterocycles. The molecule has 0 bridgehead atoms. The number of nitrogens with two attached hydrogens (primary N) is 1. The molecule has 0 amide bonds. The maximum absolute atomic E-state index is 12.3. The molecular formula is C27H24N6O10S2. The van der Waals surface area contributed by atoms with Crippen LogP contribution in [-0.4, -0.2) is 60.6 Å². The number of ether oxygens (including phenoxy) is 1. The van der Waals surface area contributed by atoms with Gasteiger partial charge in [-0.25, -0.2) is 0 Å². The number of rotatable bonds is 10. The summed E-state index contributed by atoms with van der Waals surface area (Å²) < 4.78 is 73.5. The molecule has 0 aliphatic rings. The number of hydrogen-bond acceptors (Lipinski definition) is 14. The van der Waals surface area contributed by atoms with E-state index >= 15 is 0 Å². The Morgan fingerprint density at radius 3 is 2.16 bits per heavy atom. The highest BCUT2D eigenvalue weighted by molar-refractivity contribution is 7.86. The molecule has 0 spiro atoms. The number of aliphatic hydroxyl groups is 2. The van der Waals surface area contributed by atoms with Crippen LogP contribution in [0.1, 0.15) is 11.1 Å². The second-order valence-corrected chi connectivity index (χ2v) is 12.2. The third kappa shape index (κ3) is 7.38. The van der Waals surface area contributed by atoms with Gasteiger partial charge >= 0.3 is 0 Å². The SMILES string of the molecule is Cc1cc(N=Nc2c(S(=O)(=O)O)cc3c(S(=O)(=O)O)ccc(N)c3c2O)c(OCC(O)CO)cc1N=Nc1ccc(C#N)cc1. The smallest absolute Gasteiger partial charge is 0.296 e. The van der Waals surface area contributed by atoms with Gasteiger partial charge in [-0.3, -0.25) is 9.11 Å². The van der Waals surface area contributed by atoms with Crippen LogP contribution in [0, 0.1) is 18.3 Å². The number of nitriles is 1. The summed E-state index contributed by atoms with van der Waals surface area (Å²) in [6.45, 7) is 0.567. The van der Waals surface area contributed by atoms with Crippen LogP contribution in [0.4, 0.5) is 28.4 Å². The molecule has 0 aliphatic heterocycles. The van der Waals surface area contributed by atoms with E-state index in [0.29, 0.717) is 22.9 Å². The van der Waals surface area contributed by atoms with Crippen LogP contribution in [-0.2, 0) is 20.2 Å². The van der Waals surface area contributed by atoms with Crippen molar-refractivity contribution in [3.8, 4) is 17.6 Å². The molecule has 0 saturated heterocycles. The number of hydrogen-bond donors (Lipinski definition) is 6. The number of aliphatic hydroxyl groups excluding tert-OH is 2. The van der Waals surface area contributed by atoms with E-state index in [1.54, 1.807) is 31.2 Å². The lowest BCUT2D eigenvalue weighted by molar-refractivity contribution is 0.0538. The molecule has 0 fully saturated rings. The Morgan fingerprint density at radius 2 is 1.56 bits per heavy atom. The Balaban J connectivity index is 1.87. The van der Waals surface area contributed by atoms with Gasteiger partial charge in [-0.05, 0) is 61.0 Å². The zero-order valence-electron chi connectivity index (χ0n) is 23.1. The lowest BCUT2D eigenvalue weighted by Gasteiger charge is -2.14. The summed E-state index contributed by atoms with van der Waals surface area (Å²) in [5.74, 6) is -1.05. The van der Waals surface area contributed by atoms with Crippen molar-refractivity contribution in [1.82, 2.24) is 0 Å². The summed E-state index contributed by atoms with van der Waals surface area (Å²) in [4.78, 5) is -1.86. The van der Waals surface area contributed by atoms with Gasteiger partial charge in [0.2, 0.25) is 0 Å². The second-order valence-electron chi connectivity index (χ2n) is 9.41. The van der Waals surface area contributed by atoms with Gasteiger partial charge in [0.1, 0.15) is 39.6 Å². The molecule has 0 aromatic heterocycles. The maximum atomic E-state index is 12.3. The van der Waals surface area contributed by atoms with Crippen molar-refractivity contribution in [1.29, 1.82) is 5.26 Å². The second kappa shape index (κ2) is 12.9. The summed E-state index contributed by atoms with van der Waals surface area (Å²) in [6, 6.07) is 13.6. The summed E-state index contributed by atoms with van der Waals surface area (Å²) in [6.07, 6.45) is -1.30. The van der Waals surface area contributed by atoms with E-state index in [1.165, 1.54) is 12.1 Å². The first-order valence-electron chi connectivity index (χ1n) is 12.6. The summed E-state index contributed by atoms with van der Waals surface area (Å²) in [7, 11) is -10.1. The quantitative estimate of drug-likeness (QED) is 0.0788. The predicted molar refractivity (Wildman–Crippen MR) is 159 cm³/mol. The van der Waals surface area contributed by atoms with E-state index in [1.807, 2.05) is 6.07 Å². The average molecular weight is 657 g/mol. The largest absolute Gasteiger partial charge is 0.505 e. The van der Waals surface area contributed by atoms with Crippen molar-refractivity contribution in [3.63, 3.8) is 0 Å². The van der Waals surface area contributed by atoms with E-state index in [-0.39, 0.29) is 22.8 Å². The third-order valence-electron chi connectivity index (χ3n) is 6.21. The zero-order valence-corrected chi connectivity index (χ0v) is 24.7. The van der Waals surface area contributed by atoms with Gasteiger partial charge in [0.05, 0.1) is 35.0 Å². The van der Waals surface area contributed by atoms with E-state index in [2.05, 4.69) is 20.5 Å². The Labute approximate surface area is 255 Å². The standard InChI is InChI=1S/C27H24N6O10S2/c1-14-8-21(22(43-13-17(35)12-34)10-20(14)31-30-16-4-2-15(11-28)3-5-16)32-33-26-24(45(40,41)42)9-18-23(44(37,38)39)7-6-19(29)25(18)27(26)36/h2-10,17,34-36H,12-13,29H2,1H3,(H,37,38,39)(H,40,41,42). The fraction of sp³-hybridized carbons (Fsp3) is 0.148. The summed E-state index contributed by atoms with van der Waals surface area (Å²) in [5, 5.41) is 54.1. The molecule has 0 saturated carbocycles. The number of phenolic OH excluding ortho intramolecular Hbond substituents is 1. The molecule has 234 valence electrons. The molecule has 1 unspecified atom stereocenters. The van der Waals surface area contributed by atoms with Gasteiger partial charge in [0.15, 0.2) is 5.75 Å². The lowest BCUT2D eigenvalue weighted by Crippen LogP contribution is -2.21. The van der Waals surface area contributed by atoms with E-state index in [4.69, 9.17) is 15.7 Å². The van der Waals surface area contributed by atoms with Gasteiger partial charge in [-0.2, -0.15) is 32.3 Å². The normalized spacial score (nSPS) is 13.0. The van der Waals surface area contributed by atoms with Crippen LogP contribution in [0.3, 0.4) is 0 Å². The molecule has 7 N–H and O–H groups in total. The number of aromatic hydroxyl groups is 1. The van der Waals surface area contributed by atoms with Gasteiger partial charge in [-0.1, -0.05) is 0 Å². The minimum Gasteiger partial charge on any atom is -0.505 e. The maximum Gasteiger partial charge on any atom is 0.296 e. The molecule has 18 heteroatoms. The van der Waals surface area contributed by atoms with Crippen molar-refractivity contribution >= 4 is 59.4 Å². The van der Waals surface area contributed by atoms with Crippen LogP contribution in [0.25, 0.3) is 10.8 Å². The highest BCUT2D eigenvalue weighted by atomic mass is 32.2. The van der Waals surface area contributed by atoms with Crippen molar-refractivity contribution < 1.29 is 46.0 Å². The molecule has 4 aromatic rings. The number of benzene rings is 4. The molecule has 4 aromatic carbocycles. The van der Waals surface area contributed by atoms with Gasteiger partial charge in [0, 0.05) is 17.1 Å². The Bertz CT molecular complexity index is 2110. The van der Waals surface area contributed by atoms with Gasteiger partial charge in [-0.15, -0.1) is 10.2 Å². The van der Waals surface area contributed by atoms with E-state index in [0.717, 1.165) is 12.1 Å². The van der Waals surface area contributed by atoms with Crippen molar-refractivity contribution in [3.05, 3.63) is 65.7 Å². The van der Waals surface area contributed by atoms with Gasteiger partial charge < -0.3 is 25.8 Å². The number of aryl methyl sites for hydroxylation is 1. The number of azo groups is 2. The molecule has 45 heavy (non-hydrogen) atoms. The van der Waals surface area contributed by atoms with Crippen molar-refractivity contribution in [2.45, 2.75) is 22.8 Å². The minimum absolute atomic E-state index is 0.0764. The fourth-order valence-electron chi connectivity index (χ4n) is 4.00. The molecule has 0 radical (unpaired) electrons. The molecular weight excluding hydrogens is 632 g/mol. The van der Waals surface area contributed by atoms with Crippen molar-refractivity contribution in [2.75, 3.05) is 18.9 Å². The third-order valence-corrected chi connectivity index (χ3v) is 7.99. The van der Waals surface area contributed by atoms with Crippen LogP contribution in [0.5, 0.6) is 11.5 Å². The first kappa shape index (κ1) is 32.9. The Morgan fingerprint density at radius 1 is 0.911 bits per heavy atom. The first-order valence-corrected chi connectivity index (χ1v) is 15.4. The number of nitrogen functional groups attached to an aromatic ring is 1. The first-order chi connectivity index (χ1) is 21.1.